The third-order valence-electron chi connectivity index (χ3n) is 2.28. The SMILES string of the molecule is CC(=O)Nc1cccc(-c2nnnn2CCO)c1. The molecule has 2 rings (SSSR count). The van der Waals surface area contributed by atoms with Crippen LogP contribution in [-0.4, -0.2) is 37.8 Å². The standard InChI is InChI=1S/C11H13N5O2/c1-8(18)12-10-4-2-3-9(7-10)11-13-14-15-16(11)5-6-17/h2-4,7,17H,5-6H2,1H3,(H,12,18). The Morgan fingerprint density at radius 2 is 2.33 bits per heavy atom. The third kappa shape index (κ3) is 2.69. The van der Waals surface area contributed by atoms with Crippen LogP contribution in [0.1, 0.15) is 6.92 Å². The van der Waals surface area contributed by atoms with E-state index < -0.39 is 0 Å². The number of carbonyl (C=O) groups is 1. The topological polar surface area (TPSA) is 92.9 Å². The highest BCUT2D eigenvalue weighted by Gasteiger charge is 2.09. The number of hydrogen-bond donors (Lipinski definition) is 2. The zero-order chi connectivity index (χ0) is 13.0. The number of benzene rings is 1. The first-order valence-electron chi connectivity index (χ1n) is 5.46. The van der Waals surface area contributed by atoms with Gasteiger partial charge in [0.25, 0.3) is 0 Å². The molecular formula is C11H13N5O2. The fraction of sp³-hybridized carbons (Fsp3) is 0.273. The van der Waals surface area contributed by atoms with Crippen molar-refractivity contribution in [2.45, 2.75) is 13.5 Å². The molecule has 0 aliphatic rings. The summed E-state index contributed by atoms with van der Waals surface area (Å²) in [5.74, 6) is 0.415. The summed E-state index contributed by atoms with van der Waals surface area (Å²) in [6.07, 6.45) is 0. The molecule has 94 valence electrons. The van der Waals surface area contributed by atoms with Gasteiger partial charge in [-0.05, 0) is 22.6 Å². The van der Waals surface area contributed by atoms with Gasteiger partial charge in [-0.3, -0.25) is 4.79 Å². The van der Waals surface area contributed by atoms with Gasteiger partial charge in [-0.1, -0.05) is 12.1 Å². The lowest BCUT2D eigenvalue weighted by Gasteiger charge is -2.05. The molecule has 0 aliphatic carbocycles. The van der Waals surface area contributed by atoms with Gasteiger partial charge in [0.15, 0.2) is 5.82 Å². The number of carbonyl (C=O) groups excluding carboxylic acids is 1. The highest BCUT2D eigenvalue weighted by molar-refractivity contribution is 5.89. The summed E-state index contributed by atoms with van der Waals surface area (Å²) in [7, 11) is 0. The maximum Gasteiger partial charge on any atom is 0.221 e. The quantitative estimate of drug-likeness (QED) is 0.810. The Hall–Kier alpha value is -2.28. The van der Waals surface area contributed by atoms with Gasteiger partial charge < -0.3 is 10.4 Å². The molecule has 0 radical (unpaired) electrons. The number of rotatable bonds is 4. The molecular weight excluding hydrogens is 234 g/mol. The molecule has 0 atom stereocenters. The molecule has 1 aromatic carbocycles. The molecule has 0 bridgehead atoms. The van der Waals surface area contributed by atoms with E-state index in [1.165, 1.54) is 11.6 Å². The molecule has 0 spiro atoms. The first-order valence-corrected chi connectivity index (χ1v) is 5.46. The van der Waals surface area contributed by atoms with Gasteiger partial charge in [-0.2, -0.15) is 0 Å². The van der Waals surface area contributed by atoms with Gasteiger partial charge in [-0.15, -0.1) is 5.10 Å². The number of nitrogens with one attached hydrogen (secondary N) is 1. The van der Waals surface area contributed by atoms with Crippen molar-refractivity contribution in [1.29, 1.82) is 0 Å². The van der Waals surface area contributed by atoms with Crippen LogP contribution in [0.5, 0.6) is 0 Å². The zero-order valence-corrected chi connectivity index (χ0v) is 9.87. The molecule has 0 fully saturated rings. The van der Waals surface area contributed by atoms with Crippen LogP contribution in [0.15, 0.2) is 24.3 Å². The lowest BCUT2D eigenvalue weighted by Crippen LogP contribution is -2.07. The molecule has 0 unspecified atom stereocenters. The number of aromatic nitrogens is 4. The lowest BCUT2D eigenvalue weighted by molar-refractivity contribution is -0.114. The van der Waals surface area contributed by atoms with Crippen LogP contribution >= 0.6 is 0 Å². The molecule has 2 aromatic rings. The Labute approximate surface area is 103 Å². The summed E-state index contributed by atoms with van der Waals surface area (Å²) >= 11 is 0. The van der Waals surface area contributed by atoms with E-state index in [1.807, 2.05) is 6.07 Å². The summed E-state index contributed by atoms with van der Waals surface area (Å²) in [4.78, 5) is 11.0. The predicted molar refractivity (Wildman–Crippen MR) is 64.6 cm³/mol. The third-order valence-corrected chi connectivity index (χ3v) is 2.28. The molecule has 7 heteroatoms. The van der Waals surface area contributed by atoms with E-state index in [-0.39, 0.29) is 12.5 Å². The number of nitrogens with zero attached hydrogens (tertiary/aromatic N) is 4. The van der Waals surface area contributed by atoms with Gasteiger partial charge in [0.2, 0.25) is 5.91 Å². The van der Waals surface area contributed by atoms with E-state index in [1.54, 1.807) is 18.2 Å². The molecule has 0 saturated heterocycles. The van der Waals surface area contributed by atoms with Crippen molar-refractivity contribution >= 4 is 11.6 Å². The van der Waals surface area contributed by atoms with Crippen molar-refractivity contribution in [3.63, 3.8) is 0 Å². The molecule has 0 aliphatic heterocycles. The highest BCUT2D eigenvalue weighted by Crippen LogP contribution is 2.19. The van der Waals surface area contributed by atoms with Crippen molar-refractivity contribution in [3.05, 3.63) is 24.3 Å². The fourth-order valence-corrected chi connectivity index (χ4v) is 1.60. The van der Waals surface area contributed by atoms with Gasteiger partial charge in [0.05, 0.1) is 13.2 Å². The Balaban J connectivity index is 2.32. The number of aliphatic hydroxyl groups is 1. The van der Waals surface area contributed by atoms with E-state index >= 15 is 0 Å². The monoisotopic (exact) mass is 247 g/mol. The second-order valence-electron chi connectivity index (χ2n) is 3.71. The van der Waals surface area contributed by atoms with Gasteiger partial charge in [-0.25, -0.2) is 4.68 Å². The molecule has 1 heterocycles. The van der Waals surface area contributed by atoms with E-state index in [0.29, 0.717) is 18.1 Å². The summed E-state index contributed by atoms with van der Waals surface area (Å²) in [5, 5.41) is 22.9. The second-order valence-corrected chi connectivity index (χ2v) is 3.71. The second kappa shape index (κ2) is 5.37. The highest BCUT2D eigenvalue weighted by atomic mass is 16.3. The van der Waals surface area contributed by atoms with Crippen LogP contribution in [0.4, 0.5) is 5.69 Å². The van der Waals surface area contributed by atoms with Crippen molar-refractivity contribution in [3.8, 4) is 11.4 Å². The van der Waals surface area contributed by atoms with Crippen molar-refractivity contribution in [1.82, 2.24) is 20.2 Å². The van der Waals surface area contributed by atoms with Crippen LogP contribution in [0.25, 0.3) is 11.4 Å². The van der Waals surface area contributed by atoms with Gasteiger partial charge >= 0.3 is 0 Å². The average Bonchev–Trinajstić information content (AvgIpc) is 2.77. The number of aliphatic hydroxyl groups excluding tert-OH is 1. The largest absolute Gasteiger partial charge is 0.394 e. The summed E-state index contributed by atoms with van der Waals surface area (Å²) in [5.41, 5.74) is 1.46. The molecule has 7 nitrogen and oxygen atoms in total. The number of tetrazole rings is 1. The first kappa shape index (κ1) is 12.2. The summed E-state index contributed by atoms with van der Waals surface area (Å²) < 4.78 is 1.51. The zero-order valence-electron chi connectivity index (χ0n) is 9.87. The minimum atomic E-state index is -0.137. The average molecular weight is 247 g/mol. The normalized spacial score (nSPS) is 10.3. The molecule has 18 heavy (non-hydrogen) atoms. The Bertz CT molecular complexity index is 552. The maximum atomic E-state index is 11.0. The molecule has 1 amide bonds. The number of amides is 1. The van der Waals surface area contributed by atoms with Gasteiger partial charge in [0.1, 0.15) is 0 Å². The molecule has 0 saturated carbocycles. The predicted octanol–water partition coefficient (Wildman–Crippen LogP) is 0.291. The van der Waals surface area contributed by atoms with Crippen LogP contribution in [-0.2, 0) is 11.3 Å². The van der Waals surface area contributed by atoms with E-state index in [2.05, 4.69) is 20.8 Å². The lowest BCUT2D eigenvalue weighted by atomic mass is 10.2. The van der Waals surface area contributed by atoms with Crippen molar-refractivity contribution in [2.24, 2.45) is 0 Å². The smallest absolute Gasteiger partial charge is 0.221 e. The van der Waals surface area contributed by atoms with Crippen LogP contribution in [0, 0.1) is 0 Å². The summed E-state index contributed by atoms with van der Waals surface area (Å²) in [6, 6.07) is 7.20. The van der Waals surface area contributed by atoms with Crippen molar-refractivity contribution in [2.75, 3.05) is 11.9 Å². The molecule has 1 aromatic heterocycles. The first-order chi connectivity index (χ1) is 8.70. The summed E-state index contributed by atoms with van der Waals surface area (Å²) in [6.45, 7) is 1.73. The van der Waals surface area contributed by atoms with Crippen LogP contribution in [0.2, 0.25) is 0 Å². The van der Waals surface area contributed by atoms with E-state index in [0.717, 1.165) is 5.56 Å². The van der Waals surface area contributed by atoms with Crippen LogP contribution < -0.4 is 5.32 Å². The van der Waals surface area contributed by atoms with Crippen molar-refractivity contribution < 1.29 is 9.90 Å². The number of anilines is 1. The van der Waals surface area contributed by atoms with E-state index in [4.69, 9.17) is 5.11 Å². The minimum Gasteiger partial charge on any atom is -0.394 e. The van der Waals surface area contributed by atoms with Gasteiger partial charge in [0, 0.05) is 18.2 Å². The van der Waals surface area contributed by atoms with Crippen LogP contribution in [0.3, 0.4) is 0 Å². The Morgan fingerprint density at radius 1 is 1.50 bits per heavy atom. The Kier molecular flexibility index (Phi) is 3.63. The number of hydrogen-bond acceptors (Lipinski definition) is 5. The minimum absolute atomic E-state index is 0.0383. The fourth-order valence-electron chi connectivity index (χ4n) is 1.60. The molecule has 2 N–H and O–H groups in total. The Morgan fingerprint density at radius 3 is 3.06 bits per heavy atom. The van der Waals surface area contributed by atoms with E-state index in [9.17, 15) is 4.79 Å². The maximum absolute atomic E-state index is 11.0.